The van der Waals surface area contributed by atoms with Crippen LogP contribution in [0.3, 0.4) is 0 Å². The molecule has 0 saturated carbocycles. The third-order valence-corrected chi connectivity index (χ3v) is 2.69. The van der Waals surface area contributed by atoms with Crippen LogP contribution in [0, 0.1) is 0 Å². The summed E-state index contributed by atoms with van der Waals surface area (Å²) in [5.41, 5.74) is 0.507. The highest BCUT2D eigenvalue weighted by Crippen LogP contribution is 2.50. The van der Waals surface area contributed by atoms with Crippen LogP contribution in [0.1, 0.15) is 13.3 Å². The average Bonchev–Trinajstić information content (AvgIpc) is 2.77. The van der Waals surface area contributed by atoms with E-state index in [4.69, 9.17) is 10.2 Å². The molecule has 1 saturated heterocycles. The maximum atomic E-state index is 9.76. The number of epoxide rings is 1. The standard InChI is InChI=1S/C10H18O7/c1-5(2)3-9(15)10(16,17-9)8(14)7(13)6(12)4-11/h6-8,11-16H,1,3-4H2,2H3/t6-,7-,8+,9?,10+/m1/s1. The molecule has 1 aliphatic rings. The zero-order valence-corrected chi connectivity index (χ0v) is 9.44. The molecule has 1 aliphatic heterocycles. The fraction of sp³-hybridized carbons (Fsp3) is 0.800. The van der Waals surface area contributed by atoms with Gasteiger partial charge in [0, 0.05) is 6.42 Å². The Morgan fingerprint density at radius 1 is 1.29 bits per heavy atom. The van der Waals surface area contributed by atoms with Gasteiger partial charge in [-0.3, -0.25) is 0 Å². The third-order valence-electron chi connectivity index (χ3n) is 2.69. The van der Waals surface area contributed by atoms with E-state index in [-0.39, 0.29) is 6.42 Å². The van der Waals surface area contributed by atoms with Gasteiger partial charge in [0.05, 0.1) is 6.61 Å². The number of aliphatic hydroxyl groups excluding tert-OH is 4. The van der Waals surface area contributed by atoms with Crippen molar-refractivity contribution in [3.63, 3.8) is 0 Å². The van der Waals surface area contributed by atoms with Crippen LogP contribution in [-0.2, 0) is 4.74 Å². The lowest BCUT2D eigenvalue weighted by Gasteiger charge is -2.24. The Balaban J connectivity index is 2.71. The van der Waals surface area contributed by atoms with Gasteiger partial charge in [-0.1, -0.05) is 12.2 Å². The van der Waals surface area contributed by atoms with Crippen LogP contribution in [0.15, 0.2) is 12.2 Å². The summed E-state index contributed by atoms with van der Waals surface area (Å²) in [7, 11) is 0. The summed E-state index contributed by atoms with van der Waals surface area (Å²) >= 11 is 0. The minimum atomic E-state index is -2.37. The Morgan fingerprint density at radius 2 is 1.82 bits per heavy atom. The fourth-order valence-electron chi connectivity index (χ4n) is 1.65. The first-order valence-corrected chi connectivity index (χ1v) is 5.12. The van der Waals surface area contributed by atoms with Gasteiger partial charge in [-0.05, 0) is 6.92 Å². The first kappa shape index (κ1) is 14.5. The van der Waals surface area contributed by atoms with E-state index >= 15 is 0 Å². The highest BCUT2D eigenvalue weighted by molar-refractivity contribution is 5.13. The number of aliphatic hydroxyl groups is 6. The van der Waals surface area contributed by atoms with Crippen LogP contribution in [0.2, 0.25) is 0 Å². The molecule has 5 atom stereocenters. The number of hydrogen-bond acceptors (Lipinski definition) is 7. The first-order chi connectivity index (χ1) is 7.68. The maximum absolute atomic E-state index is 9.76. The lowest BCUT2D eigenvalue weighted by Crippen LogP contribution is -2.50. The van der Waals surface area contributed by atoms with E-state index in [9.17, 15) is 20.4 Å². The molecule has 0 amide bonds. The zero-order chi connectivity index (χ0) is 13.4. The zero-order valence-electron chi connectivity index (χ0n) is 9.44. The molecule has 0 spiro atoms. The highest BCUT2D eigenvalue weighted by atomic mass is 16.8. The van der Waals surface area contributed by atoms with Crippen LogP contribution in [0.25, 0.3) is 0 Å². The predicted octanol–water partition coefficient (Wildman–Crippen LogP) is -2.56. The summed E-state index contributed by atoms with van der Waals surface area (Å²) < 4.78 is 4.63. The van der Waals surface area contributed by atoms with Gasteiger partial charge in [-0.2, -0.15) is 0 Å². The quantitative estimate of drug-likeness (QED) is 0.225. The molecule has 100 valence electrons. The van der Waals surface area contributed by atoms with Crippen molar-refractivity contribution >= 4 is 0 Å². The van der Waals surface area contributed by atoms with Crippen LogP contribution in [0.5, 0.6) is 0 Å². The van der Waals surface area contributed by atoms with E-state index in [1.54, 1.807) is 6.92 Å². The smallest absolute Gasteiger partial charge is 0.253 e. The van der Waals surface area contributed by atoms with Gasteiger partial charge in [0.25, 0.3) is 5.79 Å². The number of rotatable bonds is 6. The lowest BCUT2D eigenvalue weighted by atomic mass is 9.96. The fourth-order valence-corrected chi connectivity index (χ4v) is 1.65. The van der Waals surface area contributed by atoms with Crippen molar-refractivity contribution in [3.05, 3.63) is 12.2 Å². The van der Waals surface area contributed by atoms with Gasteiger partial charge in [-0.15, -0.1) is 0 Å². The number of ether oxygens (including phenoxy) is 1. The van der Waals surface area contributed by atoms with Gasteiger partial charge in [0.1, 0.15) is 18.3 Å². The van der Waals surface area contributed by atoms with Gasteiger partial charge in [-0.25, -0.2) is 0 Å². The summed E-state index contributed by atoms with van der Waals surface area (Å²) in [6.45, 7) is 4.31. The number of hydrogen-bond donors (Lipinski definition) is 6. The summed E-state index contributed by atoms with van der Waals surface area (Å²) in [6, 6.07) is 0. The molecule has 0 radical (unpaired) electrons. The summed E-state index contributed by atoms with van der Waals surface area (Å²) in [4.78, 5) is 0. The largest absolute Gasteiger partial charge is 0.394 e. The van der Waals surface area contributed by atoms with Crippen molar-refractivity contribution in [3.8, 4) is 0 Å². The summed E-state index contributed by atoms with van der Waals surface area (Å²) in [5.74, 6) is -4.41. The normalized spacial score (nSPS) is 37.4. The Labute approximate surface area is 98.2 Å². The van der Waals surface area contributed by atoms with E-state index in [0.29, 0.717) is 5.57 Å². The summed E-state index contributed by atoms with van der Waals surface area (Å²) in [6.07, 6.45) is -5.56. The lowest BCUT2D eigenvalue weighted by molar-refractivity contribution is -0.159. The maximum Gasteiger partial charge on any atom is 0.253 e. The molecule has 1 rings (SSSR count). The molecule has 6 N–H and O–H groups in total. The highest BCUT2D eigenvalue weighted by Gasteiger charge is 2.74. The molecule has 1 unspecified atom stereocenters. The van der Waals surface area contributed by atoms with Gasteiger partial charge >= 0.3 is 0 Å². The Hall–Kier alpha value is -0.540. The monoisotopic (exact) mass is 250 g/mol. The molecule has 0 bridgehead atoms. The van der Waals surface area contributed by atoms with Crippen molar-refractivity contribution in [1.29, 1.82) is 0 Å². The molecule has 7 heteroatoms. The minimum absolute atomic E-state index is 0.123. The molecule has 7 nitrogen and oxygen atoms in total. The minimum Gasteiger partial charge on any atom is -0.394 e. The van der Waals surface area contributed by atoms with Crippen LogP contribution in [-0.4, -0.2) is 67.1 Å². The van der Waals surface area contributed by atoms with Gasteiger partial charge < -0.3 is 35.4 Å². The van der Waals surface area contributed by atoms with E-state index in [2.05, 4.69) is 11.3 Å². The van der Waals surface area contributed by atoms with E-state index in [0.717, 1.165) is 0 Å². The van der Waals surface area contributed by atoms with Crippen molar-refractivity contribution in [2.45, 2.75) is 43.2 Å². The second kappa shape index (κ2) is 4.62. The third kappa shape index (κ3) is 2.50. The molecule has 1 heterocycles. The molecule has 1 fully saturated rings. The second-order valence-corrected chi connectivity index (χ2v) is 4.40. The van der Waals surface area contributed by atoms with E-state index < -0.39 is 36.5 Å². The van der Waals surface area contributed by atoms with Crippen LogP contribution in [0.4, 0.5) is 0 Å². The second-order valence-electron chi connectivity index (χ2n) is 4.40. The molecule has 17 heavy (non-hydrogen) atoms. The van der Waals surface area contributed by atoms with Crippen molar-refractivity contribution in [1.82, 2.24) is 0 Å². The molecule has 0 aliphatic carbocycles. The predicted molar refractivity (Wildman–Crippen MR) is 55.5 cm³/mol. The molecule has 0 aromatic carbocycles. The molecule has 0 aromatic heterocycles. The first-order valence-electron chi connectivity index (χ1n) is 5.12. The molecular weight excluding hydrogens is 232 g/mol. The topological polar surface area (TPSA) is 134 Å². The van der Waals surface area contributed by atoms with E-state index in [1.165, 1.54) is 0 Å². The SMILES string of the molecule is C=C(C)CC1(O)O[C@@]1(O)[C@@H](O)[C@H](O)[C@H](O)CO. The Kier molecular flexibility index (Phi) is 3.94. The molecular formula is C10H18O7. The van der Waals surface area contributed by atoms with Crippen molar-refractivity contribution in [2.75, 3.05) is 6.61 Å². The van der Waals surface area contributed by atoms with Crippen molar-refractivity contribution in [2.24, 2.45) is 0 Å². The Morgan fingerprint density at radius 3 is 2.24 bits per heavy atom. The Bertz CT molecular complexity index is 307. The average molecular weight is 250 g/mol. The van der Waals surface area contributed by atoms with Crippen LogP contribution < -0.4 is 0 Å². The molecule has 0 aromatic rings. The van der Waals surface area contributed by atoms with Gasteiger partial charge in [0.15, 0.2) is 0 Å². The summed E-state index contributed by atoms with van der Waals surface area (Å²) in [5, 5.41) is 56.2. The van der Waals surface area contributed by atoms with Gasteiger partial charge in [0.2, 0.25) is 5.79 Å². The van der Waals surface area contributed by atoms with E-state index in [1.807, 2.05) is 0 Å². The van der Waals surface area contributed by atoms with Crippen LogP contribution >= 0.6 is 0 Å². The van der Waals surface area contributed by atoms with Crippen molar-refractivity contribution < 1.29 is 35.4 Å².